The molecule has 3 nitrogen and oxygen atoms in total. The minimum atomic E-state index is -2.12. The lowest BCUT2D eigenvalue weighted by molar-refractivity contribution is 1.18. The number of hydrogen-bond donors (Lipinski definition) is 0. The molecular formula is C40H29N3Si. The first-order chi connectivity index (χ1) is 21.6. The highest BCUT2D eigenvalue weighted by Gasteiger charge is 2.42. The smallest absolute Gasteiger partial charge is 0.159 e. The molecule has 0 fully saturated rings. The molecule has 2 aromatic heterocycles. The topological polar surface area (TPSA) is 30.7 Å². The van der Waals surface area contributed by atoms with Gasteiger partial charge < -0.3 is 4.57 Å². The minimum Gasteiger partial charge on any atom is -0.309 e. The Morgan fingerprint density at radius 3 is 2.02 bits per heavy atom. The summed E-state index contributed by atoms with van der Waals surface area (Å²) in [5.74, 6) is 0.795. The van der Waals surface area contributed by atoms with Gasteiger partial charge >= 0.3 is 0 Å². The van der Waals surface area contributed by atoms with Gasteiger partial charge in [-0.25, -0.2) is 9.97 Å². The predicted octanol–water partition coefficient (Wildman–Crippen LogP) is 8.86. The summed E-state index contributed by atoms with van der Waals surface area (Å²) in [5.41, 5.74) is 9.26. The van der Waals surface area contributed by atoms with E-state index in [0.717, 1.165) is 28.3 Å². The molecule has 9 rings (SSSR count). The quantitative estimate of drug-likeness (QED) is 0.196. The summed E-state index contributed by atoms with van der Waals surface area (Å²) in [6.07, 6.45) is 0. The Labute approximate surface area is 257 Å². The van der Waals surface area contributed by atoms with E-state index in [0.29, 0.717) is 0 Å². The molecule has 0 spiro atoms. The van der Waals surface area contributed by atoms with Crippen LogP contribution in [0.5, 0.6) is 0 Å². The second-order valence-electron chi connectivity index (χ2n) is 12.2. The van der Waals surface area contributed by atoms with Crippen molar-refractivity contribution in [2.45, 2.75) is 13.1 Å². The molecule has 6 aromatic carbocycles. The maximum atomic E-state index is 5.41. The van der Waals surface area contributed by atoms with Crippen LogP contribution < -0.4 is 10.5 Å². The molecule has 4 heteroatoms. The molecule has 1 aliphatic heterocycles. The molecule has 0 aliphatic carbocycles. The molecule has 8 aromatic rings. The zero-order chi connectivity index (χ0) is 29.4. The van der Waals surface area contributed by atoms with Crippen LogP contribution in [0.4, 0.5) is 0 Å². The highest BCUT2D eigenvalue weighted by molar-refractivity contribution is 7.03. The van der Waals surface area contributed by atoms with Crippen molar-refractivity contribution >= 4 is 51.2 Å². The molecule has 0 saturated carbocycles. The Hall–Kier alpha value is -5.32. The molecule has 3 heterocycles. The lowest BCUT2D eigenvalue weighted by Crippen LogP contribution is -2.50. The first-order valence-corrected chi connectivity index (χ1v) is 18.2. The SMILES string of the molecule is C[Si]1(C)c2ccc3ccccc3c2-c2c(-c3ccc4c(c3)c3ccccc3n4-c3ccccc3)nc(-c3ccccc3)nc21. The Kier molecular flexibility index (Phi) is 5.35. The highest BCUT2D eigenvalue weighted by atomic mass is 28.3. The van der Waals surface area contributed by atoms with Crippen molar-refractivity contribution < 1.29 is 0 Å². The van der Waals surface area contributed by atoms with Crippen LogP contribution in [0.3, 0.4) is 0 Å². The van der Waals surface area contributed by atoms with Gasteiger partial charge in [-0.15, -0.1) is 0 Å². The fraction of sp³-hybridized carbons (Fsp3) is 0.0500. The predicted molar refractivity (Wildman–Crippen MR) is 187 cm³/mol. The summed E-state index contributed by atoms with van der Waals surface area (Å²) in [7, 11) is -2.12. The number of fused-ring (bicyclic) bond motifs is 8. The maximum absolute atomic E-state index is 5.41. The van der Waals surface area contributed by atoms with Gasteiger partial charge in [-0.2, -0.15) is 0 Å². The second kappa shape index (κ2) is 9.34. The molecule has 44 heavy (non-hydrogen) atoms. The van der Waals surface area contributed by atoms with Crippen LogP contribution in [0.15, 0.2) is 140 Å². The maximum Gasteiger partial charge on any atom is 0.159 e. The zero-order valence-corrected chi connectivity index (χ0v) is 25.6. The number of aromatic nitrogens is 3. The van der Waals surface area contributed by atoms with Crippen LogP contribution in [0.2, 0.25) is 13.1 Å². The van der Waals surface area contributed by atoms with E-state index in [1.165, 1.54) is 54.2 Å². The Balaban J connectivity index is 1.39. The van der Waals surface area contributed by atoms with Crippen LogP contribution >= 0.6 is 0 Å². The summed E-state index contributed by atoms with van der Waals surface area (Å²) in [6, 6.07) is 50.1. The fourth-order valence-corrected chi connectivity index (χ4v) is 10.1. The van der Waals surface area contributed by atoms with E-state index in [9.17, 15) is 0 Å². The van der Waals surface area contributed by atoms with E-state index in [4.69, 9.17) is 9.97 Å². The number of benzene rings is 6. The first-order valence-electron chi connectivity index (χ1n) is 15.2. The van der Waals surface area contributed by atoms with E-state index >= 15 is 0 Å². The zero-order valence-electron chi connectivity index (χ0n) is 24.6. The molecular weight excluding hydrogens is 551 g/mol. The molecule has 208 valence electrons. The Morgan fingerprint density at radius 2 is 1.20 bits per heavy atom. The molecule has 0 N–H and O–H groups in total. The Morgan fingerprint density at radius 1 is 0.523 bits per heavy atom. The normalized spacial score (nSPS) is 13.4. The van der Waals surface area contributed by atoms with Crippen LogP contribution in [0.25, 0.3) is 72.0 Å². The van der Waals surface area contributed by atoms with Crippen LogP contribution in [-0.4, -0.2) is 22.6 Å². The largest absolute Gasteiger partial charge is 0.309 e. The third-order valence-corrected chi connectivity index (χ3v) is 12.7. The average Bonchev–Trinajstić information content (AvgIpc) is 3.53. The number of nitrogens with zero attached hydrogens (tertiary/aromatic N) is 3. The summed E-state index contributed by atoms with van der Waals surface area (Å²) >= 11 is 0. The number of hydrogen-bond acceptors (Lipinski definition) is 2. The van der Waals surface area contributed by atoms with Crippen molar-refractivity contribution in [2.24, 2.45) is 0 Å². The van der Waals surface area contributed by atoms with Gasteiger partial charge in [0.15, 0.2) is 5.82 Å². The van der Waals surface area contributed by atoms with Crippen molar-refractivity contribution in [1.29, 1.82) is 0 Å². The Bertz CT molecular complexity index is 2410. The first kappa shape index (κ1) is 25.2. The monoisotopic (exact) mass is 579 g/mol. The van der Waals surface area contributed by atoms with Gasteiger partial charge in [0.2, 0.25) is 0 Å². The molecule has 0 bridgehead atoms. The van der Waals surface area contributed by atoms with E-state index in [1.807, 2.05) is 0 Å². The van der Waals surface area contributed by atoms with E-state index < -0.39 is 8.07 Å². The standard InChI is InChI=1S/C40H29N3Si/c1-44(2)35-24-22-26-13-9-10-18-30(26)36(35)37-38(41-39(42-40(37)44)27-14-5-3-6-15-27)28-21-23-34-32(25-28)31-19-11-12-20-33(31)43(34)29-16-7-4-8-17-29/h3-25H,1-2H3. The summed E-state index contributed by atoms with van der Waals surface area (Å²) < 4.78 is 2.37. The number of rotatable bonds is 3. The van der Waals surface area contributed by atoms with Crippen molar-refractivity contribution in [3.05, 3.63) is 140 Å². The van der Waals surface area contributed by atoms with Gasteiger partial charge in [-0.3, -0.25) is 0 Å². The van der Waals surface area contributed by atoms with E-state index in [2.05, 4.69) is 157 Å². The molecule has 0 radical (unpaired) electrons. The van der Waals surface area contributed by atoms with Crippen LogP contribution in [0.1, 0.15) is 0 Å². The molecule has 0 atom stereocenters. The van der Waals surface area contributed by atoms with Crippen LogP contribution in [-0.2, 0) is 0 Å². The van der Waals surface area contributed by atoms with Crippen molar-refractivity contribution in [2.75, 3.05) is 0 Å². The summed E-state index contributed by atoms with van der Waals surface area (Å²) in [6.45, 7) is 4.88. The molecule has 0 unspecified atom stereocenters. The second-order valence-corrected chi connectivity index (χ2v) is 16.5. The van der Waals surface area contributed by atoms with E-state index in [1.54, 1.807) is 0 Å². The highest BCUT2D eigenvalue weighted by Crippen LogP contribution is 2.42. The molecule has 0 amide bonds. The lowest BCUT2D eigenvalue weighted by atomic mass is 9.95. The van der Waals surface area contributed by atoms with Gasteiger partial charge in [-0.05, 0) is 51.9 Å². The van der Waals surface area contributed by atoms with Crippen molar-refractivity contribution in [3.8, 4) is 39.5 Å². The van der Waals surface area contributed by atoms with Gasteiger partial charge in [0.05, 0.1) is 16.7 Å². The summed E-state index contributed by atoms with van der Waals surface area (Å²) in [5, 5.41) is 7.66. The van der Waals surface area contributed by atoms with E-state index in [-0.39, 0.29) is 0 Å². The van der Waals surface area contributed by atoms with Gasteiger partial charge in [0, 0.05) is 38.5 Å². The summed E-state index contributed by atoms with van der Waals surface area (Å²) in [4.78, 5) is 10.8. The van der Waals surface area contributed by atoms with Crippen LogP contribution in [0, 0.1) is 0 Å². The lowest BCUT2D eigenvalue weighted by Gasteiger charge is -2.19. The van der Waals surface area contributed by atoms with Gasteiger partial charge in [0.25, 0.3) is 0 Å². The van der Waals surface area contributed by atoms with Gasteiger partial charge in [-0.1, -0.05) is 122 Å². The van der Waals surface area contributed by atoms with Crippen molar-refractivity contribution in [1.82, 2.24) is 14.5 Å². The number of para-hydroxylation sites is 2. The third-order valence-electron chi connectivity index (χ3n) is 9.35. The third kappa shape index (κ3) is 3.55. The minimum absolute atomic E-state index is 0.795. The fourth-order valence-electron chi connectivity index (χ4n) is 7.24. The average molecular weight is 580 g/mol. The van der Waals surface area contributed by atoms with Gasteiger partial charge in [0.1, 0.15) is 8.07 Å². The molecule has 0 saturated heterocycles. The van der Waals surface area contributed by atoms with Crippen molar-refractivity contribution in [3.63, 3.8) is 0 Å². The molecule has 1 aliphatic rings.